The molecule has 2 aliphatic heterocycles. The lowest BCUT2D eigenvalue weighted by Gasteiger charge is -2.31. The Hall–Kier alpha value is -1.22. The number of halogens is 2. The van der Waals surface area contributed by atoms with Gasteiger partial charge in [0.15, 0.2) is 5.69 Å². The van der Waals surface area contributed by atoms with Crippen molar-refractivity contribution in [1.82, 2.24) is 30.2 Å². The largest absolute Gasteiger partial charge is 0.337 e. The number of hydrogen-bond acceptors (Lipinski definition) is 6. The summed E-state index contributed by atoms with van der Waals surface area (Å²) in [5.41, 5.74) is 1.62. The third kappa shape index (κ3) is 5.03. The predicted octanol–water partition coefficient (Wildman–Crippen LogP) is 3.08. The van der Waals surface area contributed by atoms with E-state index in [1.165, 1.54) is 0 Å². The second-order valence-electron chi connectivity index (χ2n) is 7.19. The lowest BCUT2D eigenvalue weighted by molar-refractivity contribution is 0.0701. The highest BCUT2D eigenvalue weighted by atomic mass is 35.5. The van der Waals surface area contributed by atoms with Crippen LogP contribution < -0.4 is 5.32 Å². The molecule has 0 bridgehead atoms. The molecule has 1 N–H and O–H groups in total. The molecule has 1 amide bonds. The molecule has 0 spiro atoms. The zero-order chi connectivity index (χ0) is 17.9. The molecule has 2 aliphatic rings. The Labute approximate surface area is 182 Å². The van der Waals surface area contributed by atoms with Gasteiger partial charge in [-0.05, 0) is 45.2 Å². The van der Waals surface area contributed by atoms with Crippen LogP contribution in [0.1, 0.15) is 65.8 Å². The lowest BCUT2D eigenvalue weighted by atomic mass is 9.98. The molecule has 7 nitrogen and oxygen atoms in total. The van der Waals surface area contributed by atoms with Crippen LogP contribution in [0.2, 0.25) is 0 Å². The molecular weight excluding hydrogens is 419 g/mol. The van der Waals surface area contributed by atoms with Crippen LogP contribution in [0, 0.1) is 0 Å². The molecule has 28 heavy (non-hydrogen) atoms. The van der Waals surface area contributed by atoms with Gasteiger partial charge in [0.25, 0.3) is 5.91 Å². The smallest absolute Gasteiger partial charge is 0.276 e. The number of carbonyl (C=O) groups excluding carboxylic acids is 1. The van der Waals surface area contributed by atoms with Crippen LogP contribution in [0.5, 0.6) is 0 Å². The first-order valence-electron chi connectivity index (χ1n) is 9.60. The van der Waals surface area contributed by atoms with E-state index >= 15 is 0 Å². The molecule has 156 valence electrons. The highest BCUT2D eigenvalue weighted by Gasteiger charge is 2.29. The summed E-state index contributed by atoms with van der Waals surface area (Å²) in [7, 11) is 0. The molecule has 0 radical (unpaired) electrons. The van der Waals surface area contributed by atoms with Gasteiger partial charge >= 0.3 is 0 Å². The van der Waals surface area contributed by atoms with E-state index in [0.29, 0.717) is 17.7 Å². The Kier molecular flexibility index (Phi) is 8.67. The molecule has 4 heterocycles. The second kappa shape index (κ2) is 10.5. The third-order valence-corrected chi connectivity index (χ3v) is 6.46. The van der Waals surface area contributed by atoms with E-state index < -0.39 is 0 Å². The molecule has 4 rings (SSSR count). The fourth-order valence-electron chi connectivity index (χ4n) is 3.82. The summed E-state index contributed by atoms with van der Waals surface area (Å²) in [6, 6.07) is 0.349. The van der Waals surface area contributed by atoms with Crippen LogP contribution in [0.4, 0.5) is 0 Å². The monoisotopic (exact) mass is 446 g/mol. The maximum atomic E-state index is 12.9. The molecule has 2 fully saturated rings. The quantitative estimate of drug-likeness (QED) is 0.780. The van der Waals surface area contributed by atoms with Crippen LogP contribution in [-0.2, 0) is 6.42 Å². The predicted molar refractivity (Wildman–Crippen MR) is 115 cm³/mol. The first-order valence-corrected chi connectivity index (χ1v) is 10.5. The molecule has 1 unspecified atom stereocenters. The minimum atomic E-state index is 0. The van der Waals surface area contributed by atoms with Gasteiger partial charge in [0.2, 0.25) is 0 Å². The van der Waals surface area contributed by atoms with Crippen molar-refractivity contribution in [2.75, 3.05) is 26.2 Å². The number of likely N-dealkylation sites (tertiary alicyclic amines) is 1. The lowest BCUT2D eigenvalue weighted by Crippen LogP contribution is -2.39. The van der Waals surface area contributed by atoms with Gasteiger partial charge in [0.05, 0.1) is 22.9 Å². The highest BCUT2D eigenvalue weighted by molar-refractivity contribution is 7.09. The van der Waals surface area contributed by atoms with Crippen LogP contribution in [0.3, 0.4) is 0 Å². The van der Waals surface area contributed by atoms with Crippen LogP contribution in [0.15, 0.2) is 11.6 Å². The van der Waals surface area contributed by atoms with E-state index in [4.69, 9.17) is 4.98 Å². The van der Waals surface area contributed by atoms with E-state index in [0.717, 1.165) is 69.0 Å². The minimum absolute atomic E-state index is 0. The number of nitrogens with one attached hydrogen (secondary N) is 1. The second-order valence-corrected chi connectivity index (χ2v) is 8.08. The number of aromatic nitrogens is 4. The number of hydrogen-bond donors (Lipinski definition) is 1. The number of amides is 1. The van der Waals surface area contributed by atoms with Gasteiger partial charge in [-0.1, -0.05) is 12.1 Å². The van der Waals surface area contributed by atoms with E-state index in [1.54, 1.807) is 11.3 Å². The normalized spacial score (nSPS) is 20.3. The van der Waals surface area contributed by atoms with E-state index in [-0.39, 0.29) is 30.7 Å². The van der Waals surface area contributed by atoms with Crippen molar-refractivity contribution in [2.24, 2.45) is 0 Å². The van der Waals surface area contributed by atoms with Gasteiger partial charge in [-0.2, -0.15) is 0 Å². The van der Waals surface area contributed by atoms with Crippen molar-refractivity contribution in [3.8, 4) is 0 Å². The van der Waals surface area contributed by atoms with Gasteiger partial charge in [-0.3, -0.25) is 4.79 Å². The first-order chi connectivity index (χ1) is 12.7. The molecule has 10 heteroatoms. The molecule has 2 saturated heterocycles. The van der Waals surface area contributed by atoms with Crippen LogP contribution >= 0.6 is 36.2 Å². The minimum Gasteiger partial charge on any atom is -0.337 e. The number of rotatable bonds is 4. The Morgan fingerprint density at radius 2 is 2.07 bits per heavy atom. The van der Waals surface area contributed by atoms with Gasteiger partial charge in [0.1, 0.15) is 0 Å². The molecule has 0 aromatic carbocycles. The summed E-state index contributed by atoms with van der Waals surface area (Å²) >= 11 is 1.73. The number of carbonyl (C=O) groups is 1. The van der Waals surface area contributed by atoms with Gasteiger partial charge < -0.3 is 10.2 Å². The number of piperidine rings is 2. The summed E-state index contributed by atoms with van der Waals surface area (Å²) in [4.78, 5) is 19.6. The van der Waals surface area contributed by atoms with E-state index in [2.05, 4.69) is 27.9 Å². The topological polar surface area (TPSA) is 75.9 Å². The van der Waals surface area contributed by atoms with Crippen molar-refractivity contribution in [1.29, 1.82) is 0 Å². The molecule has 0 saturated carbocycles. The van der Waals surface area contributed by atoms with Crippen molar-refractivity contribution >= 4 is 42.1 Å². The highest BCUT2D eigenvalue weighted by Crippen LogP contribution is 2.30. The standard InChI is InChI=1S/C18H26N6OS.2ClH/c1-2-14-12-26-17(20-14)13-4-3-9-23(10-13)18(25)16-11-24(22-21-16)15-5-7-19-8-6-15;;/h11-13,15,19H,2-10H2,1H3;2*1H. The van der Waals surface area contributed by atoms with Crippen molar-refractivity contribution in [3.05, 3.63) is 28.0 Å². The number of nitrogens with zero attached hydrogens (tertiary/aromatic N) is 5. The summed E-state index contributed by atoms with van der Waals surface area (Å²) in [6.07, 6.45) is 6.98. The van der Waals surface area contributed by atoms with Crippen molar-refractivity contribution in [2.45, 2.75) is 51.0 Å². The van der Waals surface area contributed by atoms with Gasteiger partial charge in [0, 0.05) is 24.4 Å². The van der Waals surface area contributed by atoms with Crippen LogP contribution in [-0.4, -0.2) is 57.0 Å². The SMILES string of the molecule is CCc1csc(C2CCCN(C(=O)c3cn(C4CCNCC4)nn3)C2)n1.Cl.Cl. The zero-order valence-corrected chi connectivity index (χ0v) is 18.5. The molecule has 2 aromatic rings. The maximum absolute atomic E-state index is 12.9. The fraction of sp³-hybridized carbons (Fsp3) is 0.667. The number of aryl methyl sites for hydroxylation is 1. The Morgan fingerprint density at radius 1 is 1.29 bits per heavy atom. The molecule has 0 aliphatic carbocycles. The zero-order valence-electron chi connectivity index (χ0n) is 16.0. The summed E-state index contributed by atoms with van der Waals surface area (Å²) in [5, 5.41) is 15.1. The Morgan fingerprint density at radius 3 is 2.79 bits per heavy atom. The van der Waals surface area contributed by atoms with Crippen molar-refractivity contribution < 1.29 is 4.79 Å². The fourth-order valence-corrected chi connectivity index (χ4v) is 4.85. The third-order valence-electron chi connectivity index (χ3n) is 5.40. The van der Waals surface area contributed by atoms with Gasteiger partial charge in [-0.25, -0.2) is 9.67 Å². The Balaban J connectivity index is 0.00000140. The summed E-state index contributed by atoms with van der Waals surface area (Å²) in [5.74, 6) is 0.347. The van der Waals surface area contributed by atoms with Crippen molar-refractivity contribution in [3.63, 3.8) is 0 Å². The first kappa shape index (κ1) is 23.1. The van der Waals surface area contributed by atoms with E-state index in [1.807, 2.05) is 15.8 Å². The molecule has 2 aromatic heterocycles. The molecule has 1 atom stereocenters. The average molecular weight is 447 g/mol. The van der Waals surface area contributed by atoms with Crippen LogP contribution in [0.25, 0.3) is 0 Å². The summed E-state index contributed by atoms with van der Waals surface area (Å²) in [6.45, 7) is 5.64. The van der Waals surface area contributed by atoms with Gasteiger partial charge in [-0.15, -0.1) is 41.2 Å². The average Bonchev–Trinajstić information content (AvgIpc) is 3.38. The number of thiazole rings is 1. The molecular formula is C18H28Cl2N6OS. The summed E-state index contributed by atoms with van der Waals surface area (Å²) < 4.78 is 1.88. The maximum Gasteiger partial charge on any atom is 0.276 e. The van der Waals surface area contributed by atoms with E-state index in [9.17, 15) is 4.79 Å². The Bertz CT molecular complexity index is 761.